The first-order valence-corrected chi connectivity index (χ1v) is 9.21. The summed E-state index contributed by atoms with van der Waals surface area (Å²) in [5.74, 6) is 0.693. The highest BCUT2D eigenvalue weighted by Crippen LogP contribution is 2.24. The van der Waals surface area contributed by atoms with Gasteiger partial charge in [0.25, 0.3) is 5.91 Å². The maximum absolute atomic E-state index is 12.4. The summed E-state index contributed by atoms with van der Waals surface area (Å²) in [6.07, 6.45) is 1.36. The van der Waals surface area contributed by atoms with Gasteiger partial charge in [0.05, 0.1) is 19.8 Å². The van der Waals surface area contributed by atoms with Gasteiger partial charge >= 0.3 is 0 Å². The number of hydrazine groups is 1. The second kappa shape index (κ2) is 10.2. The second-order valence-corrected chi connectivity index (χ2v) is 6.74. The fourth-order valence-corrected chi connectivity index (χ4v) is 2.57. The monoisotopic (exact) mass is 397 g/mol. The lowest BCUT2D eigenvalue weighted by atomic mass is 10.0. The fraction of sp³-hybridized carbons (Fsp3) is 0.273. The number of hydrogen-bond donors (Lipinski definition) is 3. The van der Waals surface area contributed by atoms with E-state index in [1.54, 1.807) is 25.1 Å². The quantitative estimate of drug-likeness (QED) is 0.468. The molecule has 0 atom stereocenters. The molecule has 0 aliphatic heterocycles. The van der Waals surface area contributed by atoms with Gasteiger partial charge in [0.1, 0.15) is 11.5 Å². The van der Waals surface area contributed by atoms with Crippen LogP contribution in [0.15, 0.2) is 54.2 Å². The predicted octanol–water partition coefficient (Wildman–Crippen LogP) is 3.60. The molecular weight excluding hydrogens is 370 g/mol. The van der Waals surface area contributed by atoms with E-state index in [1.165, 1.54) is 25.9 Å². The van der Waals surface area contributed by atoms with Crippen molar-refractivity contribution >= 4 is 17.5 Å². The molecule has 0 aliphatic rings. The van der Waals surface area contributed by atoms with Crippen molar-refractivity contribution in [3.05, 3.63) is 65.4 Å². The number of ether oxygens (including phenoxy) is 2. The molecule has 0 aliphatic carbocycles. The summed E-state index contributed by atoms with van der Waals surface area (Å²) < 4.78 is 10.3. The van der Waals surface area contributed by atoms with Crippen LogP contribution in [0.5, 0.6) is 11.5 Å². The van der Waals surface area contributed by atoms with Gasteiger partial charge in [-0.15, -0.1) is 0 Å². The smallest absolute Gasteiger partial charge is 0.273 e. The van der Waals surface area contributed by atoms with Crippen LogP contribution in [0.4, 0.5) is 5.69 Å². The Balaban J connectivity index is 1.93. The maximum atomic E-state index is 12.4. The lowest BCUT2D eigenvalue weighted by Gasteiger charge is -2.12. The Morgan fingerprint density at radius 1 is 0.966 bits per heavy atom. The van der Waals surface area contributed by atoms with Crippen molar-refractivity contribution in [1.82, 2.24) is 10.9 Å². The number of anilines is 1. The summed E-state index contributed by atoms with van der Waals surface area (Å²) in [4.78, 5) is 24.5. The van der Waals surface area contributed by atoms with E-state index in [9.17, 15) is 9.59 Å². The molecule has 0 bridgehead atoms. The number of hydrogen-bond acceptors (Lipinski definition) is 5. The van der Waals surface area contributed by atoms with Gasteiger partial charge in [-0.05, 0) is 42.7 Å². The SMILES string of the molecule is COc1ccc(C(=O)NNC(C)=CC(=O)Nc2ccc(C(C)C)cc2)c(OC)c1. The fourth-order valence-electron chi connectivity index (χ4n) is 2.57. The zero-order valence-corrected chi connectivity index (χ0v) is 17.3. The van der Waals surface area contributed by atoms with Crippen molar-refractivity contribution in [2.75, 3.05) is 19.5 Å². The molecule has 0 aromatic heterocycles. The molecule has 0 unspecified atom stereocenters. The van der Waals surface area contributed by atoms with Crippen LogP contribution < -0.4 is 25.6 Å². The highest BCUT2D eigenvalue weighted by molar-refractivity contribution is 6.00. The van der Waals surface area contributed by atoms with Gasteiger partial charge in [-0.1, -0.05) is 26.0 Å². The van der Waals surface area contributed by atoms with Crippen molar-refractivity contribution in [2.24, 2.45) is 0 Å². The number of benzene rings is 2. The Bertz CT molecular complexity index is 889. The van der Waals surface area contributed by atoms with E-state index >= 15 is 0 Å². The van der Waals surface area contributed by atoms with Gasteiger partial charge in [-0.2, -0.15) is 0 Å². The first-order chi connectivity index (χ1) is 13.8. The molecule has 7 nitrogen and oxygen atoms in total. The average Bonchev–Trinajstić information content (AvgIpc) is 2.71. The number of carbonyl (C=O) groups is 2. The van der Waals surface area contributed by atoms with Crippen LogP contribution in [0, 0.1) is 0 Å². The summed E-state index contributed by atoms with van der Waals surface area (Å²) in [6.45, 7) is 5.90. The van der Waals surface area contributed by atoms with E-state index in [2.05, 4.69) is 30.0 Å². The van der Waals surface area contributed by atoms with Gasteiger partial charge < -0.3 is 20.2 Å². The molecular formula is C22H27N3O4. The second-order valence-electron chi connectivity index (χ2n) is 6.74. The van der Waals surface area contributed by atoms with Crippen molar-refractivity contribution in [3.63, 3.8) is 0 Å². The standard InChI is InChI=1S/C22H27N3O4/c1-14(2)16-6-8-17(9-7-16)23-21(26)12-15(3)24-25-22(27)19-11-10-18(28-4)13-20(19)29-5/h6-14,24H,1-5H3,(H,23,26)(H,25,27). The van der Waals surface area contributed by atoms with Crippen LogP contribution in [0.1, 0.15) is 42.6 Å². The summed E-state index contributed by atoms with van der Waals surface area (Å²) in [5, 5.41) is 2.79. The lowest BCUT2D eigenvalue weighted by molar-refractivity contribution is -0.112. The van der Waals surface area contributed by atoms with E-state index in [0.29, 0.717) is 34.4 Å². The highest BCUT2D eigenvalue weighted by Gasteiger charge is 2.13. The first kappa shape index (κ1) is 21.8. The minimum Gasteiger partial charge on any atom is -0.497 e. The summed E-state index contributed by atoms with van der Waals surface area (Å²) in [6, 6.07) is 12.6. The molecule has 29 heavy (non-hydrogen) atoms. The zero-order chi connectivity index (χ0) is 21.4. The van der Waals surface area contributed by atoms with Crippen molar-refractivity contribution < 1.29 is 19.1 Å². The number of carbonyl (C=O) groups excluding carboxylic acids is 2. The third-order valence-electron chi connectivity index (χ3n) is 4.22. The number of amides is 2. The van der Waals surface area contributed by atoms with Gasteiger partial charge in [-0.25, -0.2) is 0 Å². The molecule has 3 N–H and O–H groups in total. The maximum Gasteiger partial charge on any atom is 0.273 e. The minimum absolute atomic E-state index is 0.302. The molecule has 0 heterocycles. The number of nitrogens with one attached hydrogen (secondary N) is 3. The van der Waals surface area contributed by atoms with Crippen molar-refractivity contribution in [3.8, 4) is 11.5 Å². The van der Waals surface area contributed by atoms with Crippen LogP contribution in [0.2, 0.25) is 0 Å². The van der Waals surface area contributed by atoms with Crippen molar-refractivity contribution in [1.29, 1.82) is 0 Å². The van der Waals surface area contributed by atoms with Crippen LogP contribution >= 0.6 is 0 Å². The molecule has 0 fully saturated rings. The minimum atomic E-state index is -0.401. The largest absolute Gasteiger partial charge is 0.497 e. The Labute approximate surface area is 171 Å². The predicted molar refractivity (Wildman–Crippen MR) is 113 cm³/mol. The third kappa shape index (κ3) is 6.27. The molecule has 2 amide bonds. The average molecular weight is 397 g/mol. The first-order valence-electron chi connectivity index (χ1n) is 9.21. The van der Waals surface area contributed by atoms with Gasteiger partial charge in [-0.3, -0.25) is 15.0 Å². The zero-order valence-electron chi connectivity index (χ0n) is 17.3. The molecule has 2 aromatic rings. The third-order valence-corrected chi connectivity index (χ3v) is 4.22. The van der Waals surface area contributed by atoms with E-state index in [4.69, 9.17) is 9.47 Å². The molecule has 0 spiro atoms. The van der Waals surface area contributed by atoms with E-state index in [1.807, 2.05) is 24.3 Å². The Morgan fingerprint density at radius 2 is 1.66 bits per heavy atom. The molecule has 2 aromatic carbocycles. The van der Waals surface area contributed by atoms with Crippen LogP contribution in [0.25, 0.3) is 0 Å². The summed E-state index contributed by atoms with van der Waals surface area (Å²) in [7, 11) is 3.01. The van der Waals surface area contributed by atoms with Gasteiger partial charge in [0.2, 0.25) is 5.91 Å². The van der Waals surface area contributed by atoms with Gasteiger partial charge in [0.15, 0.2) is 0 Å². The molecule has 2 rings (SSSR count). The van der Waals surface area contributed by atoms with Crippen LogP contribution in [-0.4, -0.2) is 26.0 Å². The molecule has 0 saturated heterocycles. The van der Waals surface area contributed by atoms with Crippen molar-refractivity contribution in [2.45, 2.75) is 26.7 Å². The topological polar surface area (TPSA) is 88.7 Å². The van der Waals surface area contributed by atoms with E-state index in [0.717, 1.165) is 0 Å². The number of rotatable bonds is 8. The molecule has 7 heteroatoms. The lowest BCUT2D eigenvalue weighted by Crippen LogP contribution is -2.36. The normalized spacial score (nSPS) is 11.0. The van der Waals surface area contributed by atoms with E-state index < -0.39 is 5.91 Å². The Kier molecular flexibility index (Phi) is 7.65. The van der Waals surface area contributed by atoms with E-state index in [-0.39, 0.29) is 5.91 Å². The molecule has 0 radical (unpaired) electrons. The molecule has 0 saturated carbocycles. The summed E-state index contributed by atoms with van der Waals surface area (Å²) >= 11 is 0. The Hall–Kier alpha value is -3.48. The summed E-state index contributed by atoms with van der Waals surface area (Å²) in [5.41, 5.74) is 7.97. The van der Waals surface area contributed by atoms with Gasteiger partial charge in [0, 0.05) is 23.5 Å². The number of allylic oxidation sites excluding steroid dienone is 1. The van der Waals surface area contributed by atoms with Crippen LogP contribution in [-0.2, 0) is 4.79 Å². The number of methoxy groups -OCH3 is 2. The Morgan fingerprint density at radius 3 is 2.24 bits per heavy atom. The van der Waals surface area contributed by atoms with Crippen LogP contribution in [0.3, 0.4) is 0 Å². The molecule has 154 valence electrons. The highest BCUT2D eigenvalue weighted by atomic mass is 16.5.